The summed E-state index contributed by atoms with van der Waals surface area (Å²) < 4.78 is 5.71. The minimum Gasteiger partial charge on any atom is -0.374 e. The van der Waals surface area contributed by atoms with E-state index in [1.165, 1.54) is 19.3 Å². The molecule has 0 amide bonds. The van der Waals surface area contributed by atoms with Crippen molar-refractivity contribution in [2.45, 2.75) is 52.2 Å². The third-order valence-electron chi connectivity index (χ3n) is 2.88. The highest BCUT2D eigenvalue weighted by Gasteiger charge is 2.20. The van der Waals surface area contributed by atoms with Gasteiger partial charge in [0.1, 0.15) is 0 Å². The maximum Gasteiger partial charge on any atom is 0.0704 e. The van der Waals surface area contributed by atoms with E-state index < -0.39 is 0 Å². The van der Waals surface area contributed by atoms with Gasteiger partial charge in [-0.3, -0.25) is 0 Å². The van der Waals surface area contributed by atoms with Crippen LogP contribution in [0.1, 0.15) is 40.0 Å². The van der Waals surface area contributed by atoms with Gasteiger partial charge in [0.05, 0.1) is 12.2 Å². The van der Waals surface area contributed by atoms with E-state index in [-0.39, 0.29) is 0 Å². The Morgan fingerprint density at radius 1 is 1.46 bits per heavy atom. The Kier molecular flexibility index (Phi) is 4.74. The average Bonchev–Trinajstić information content (AvgIpc) is 2.51. The second-order valence-electron chi connectivity index (χ2n) is 4.32. The molecule has 0 aromatic heterocycles. The van der Waals surface area contributed by atoms with Crippen LogP contribution in [0.3, 0.4) is 0 Å². The molecule has 1 heterocycles. The maximum absolute atomic E-state index is 5.71. The standard InChI is InChI=1S/C11H23NO/c1-4-9(2)7-12-8-11-6-5-10(3)13-11/h9-12H,4-8H2,1-3H3. The fourth-order valence-electron chi connectivity index (χ4n) is 1.67. The quantitative estimate of drug-likeness (QED) is 0.709. The van der Waals surface area contributed by atoms with E-state index in [2.05, 4.69) is 26.1 Å². The van der Waals surface area contributed by atoms with Crippen molar-refractivity contribution in [2.75, 3.05) is 13.1 Å². The molecule has 0 aromatic rings. The van der Waals surface area contributed by atoms with Gasteiger partial charge >= 0.3 is 0 Å². The molecule has 3 unspecified atom stereocenters. The highest BCUT2D eigenvalue weighted by molar-refractivity contribution is 4.72. The Labute approximate surface area is 82.0 Å². The Morgan fingerprint density at radius 2 is 2.23 bits per heavy atom. The van der Waals surface area contributed by atoms with Gasteiger partial charge in [0, 0.05) is 6.54 Å². The van der Waals surface area contributed by atoms with Crippen molar-refractivity contribution in [2.24, 2.45) is 5.92 Å². The summed E-state index contributed by atoms with van der Waals surface area (Å²) in [5, 5.41) is 3.47. The van der Waals surface area contributed by atoms with E-state index in [0.717, 1.165) is 19.0 Å². The van der Waals surface area contributed by atoms with Crippen molar-refractivity contribution in [1.82, 2.24) is 5.32 Å². The monoisotopic (exact) mass is 185 g/mol. The van der Waals surface area contributed by atoms with E-state index in [4.69, 9.17) is 4.74 Å². The van der Waals surface area contributed by atoms with E-state index in [1.807, 2.05) is 0 Å². The Bertz CT molecular complexity index is 138. The van der Waals surface area contributed by atoms with Crippen LogP contribution in [0.5, 0.6) is 0 Å². The number of hydrogen-bond donors (Lipinski definition) is 1. The molecule has 0 spiro atoms. The van der Waals surface area contributed by atoms with Crippen LogP contribution in [0.4, 0.5) is 0 Å². The third kappa shape index (κ3) is 4.10. The van der Waals surface area contributed by atoms with E-state index in [0.29, 0.717) is 12.2 Å². The first-order chi connectivity index (χ1) is 6.22. The van der Waals surface area contributed by atoms with Crippen LogP contribution in [0, 0.1) is 5.92 Å². The molecule has 13 heavy (non-hydrogen) atoms. The summed E-state index contributed by atoms with van der Waals surface area (Å²) in [6.07, 6.45) is 4.67. The van der Waals surface area contributed by atoms with Crippen molar-refractivity contribution in [3.05, 3.63) is 0 Å². The zero-order valence-corrected chi connectivity index (χ0v) is 9.18. The highest BCUT2D eigenvalue weighted by Crippen LogP contribution is 2.18. The fraction of sp³-hybridized carbons (Fsp3) is 1.00. The van der Waals surface area contributed by atoms with E-state index in [1.54, 1.807) is 0 Å². The van der Waals surface area contributed by atoms with E-state index in [9.17, 15) is 0 Å². The van der Waals surface area contributed by atoms with Crippen LogP contribution in [0.2, 0.25) is 0 Å². The lowest BCUT2D eigenvalue weighted by Crippen LogP contribution is -2.30. The zero-order chi connectivity index (χ0) is 9.68. The van der Waals surface area contributed by atoms with Crippen molar-refractivity contribution < 1.29 is 4.74 Å². The summed E-state index contributed by atoms with van der Waals surface area (Å²) in [6, 6.07) is 0. The summed E-state index contributed by atoms with van der Waals surface area (Å²) in [7, 11) is 0. The molecule has 1 saturated heterocycles. The Morgan fingerprint density at radius 3 is 2.77 bits per heavy atom. The summed E-state index contributed by atoms with van der Waals surface area (Å²) in [6.45, 7) is 8.85. The smallest absolute Gasteiger partial charge is 0.0704 e. The second-order valence-corrected chi connectivity index (χ2v) is 4.32. The van der Waals surface area contributed by atoms with Gasteiger partial charge < -0.3 is 10.1 Å². The molecule has 78 valence electrons. The van der Waals surface area contributed by atoms with Gasteiger partial charge in [-0.15, -0.1) is 0 Å². The Balaban J connectivity index is 2.00. The van der Waals surface area contributed by atoms with Gasteiger partial charge in [0.2, 0.25) is 0 Å². The number of nitrogens with one attached hydrogen (secondary N) is 1. The summed E-state index contributed by atoms with van der Waals surface area (Å²) in [4.78, 5) is 0. The lowest BCUT2D eigenvalue weighted by atomic mass is 10.1. The zero-order valence-electron chi connectivity index (χ0n) is 9.18. The number of hydrogen-bond acceptors (Lipinski definition) is 2. The topological polar surface area (TPSA) is 21.3 Å². The minimum absolute atomic E-state index is 0.471. The van der Waals surface area contributed by atoms with Gasteiger partial charge in [0.25, 0.3) is 0 Å². The van der Waals surface area contributed by atoms with Crippen LogP contribution in [0.25, 0.3) is 0 Å². The SMILES string of the molecule is CCC(C)CNCC1CCC(C)O1. The van der Waals surface area contributed by atoms with Crippen molar-refractivity contribution in [3.63, 3.8) is 0 Å². The molecule has 1 fully saturated rings. The minimum atomic E-state index is 0.471. The fourth-order valence-corrected chi connectivity index (χ4v) is 1.67. The van der Waals surface area contributed by atoms with Gasteiger partial charge in [0.15, 0.2) is 0 Å². The molecule has 0 aliphatic carbocycles. The molecule has 0 radical (unpaired) electrons. The number of ether oxygens (including phenoxy) is 1. The summed E-state index contributed by atoms with van der Waals surface area (Å²) in [5.74, 6) is 0.791. The first-order valence-electron chi connectivity index (χ1n) is 5.58. The molecule has 1 aliphatic rings. The van der Waals surface area contributed by atoms with Crippen LogP contribution < -0.4 is 5.32 Å². The average molecular weight is 185 g/mol. The van der Waals surface area contributed by atoms with Gasteiger partial charge in [-0.25, -0.2) is 0 Å². The second kappa shape index (κ2) is 5.61. The molecule has 0 bridgehead atoms. The van der Waals surface area contributed by atoms with Crippen molar-refractivity contribution >= 4 is 0 Å². The highest BCUT2D eigenvalue weighted by atomic mass is 16.5. The molecule has 1 N–H and O–H groups in total. The van der Waals surface area contributed by atoms with E-state index >= 15 is 0 Å². The predicted molar refractivity (Wildman–Crippen MR) is 55.9 cm³/mol. The molecule has 1 rings (SSSR count). The molecular formula is C11H23NO. The van der Waals surface area contributed by atoms with Gasteiger partial charge in [-0.05, 0) is 32.2 Å². The van der Waals surface area contributed by atoms with Crippen molar-refractivity contribution in [3.8, 4) is 0 Å². The van der Waals surface area contributed by atoms with Crippen LogP contribution in [0.15, 0.2) is 0 Å². The van der Waals surface area contributed by atoms with Gasteiger partial charge in [-0.2, -0.15) is 0 Å². The van der Waals surface area contributed by atoms with Crippen LogP contribution >= 0.6 is 0 Å². The normalized spacial score (nSPS) is 30.7. The molecular weight excluding hydrogens is 162 g/mol. The number of rotatable bonds is 5. The predicted octanol–water partition coefficient (Wildman–Crippen LogP) is 2.19. The summed E-state index contributed by atoms with van der Waals surface area (Å²) >= 11 is 0. The van der Waals surface area contributed by atoms with Crippen LogP contribution in [-0.2, 0) is 4.74 Å². The first kappa shape index (κ1) is 11.0. The Hall–Kier alpha value is -0.0800. The molecule has 3 atom stereocenters. The lowest BCUT2D eigenvalue weighted by Gasteiger charge is -2.14. The summed E-state index contributed by atoms with van der Waals surface area (Å²) in [5.41, 5.74) is 0. The van der Waals surface area contributed by atoms with Crippen molar-refractivity contribution in [1.29, 1.82) is 0 Å². The molecule has 0 aromatic carbocycles. The third-order valence-corrected chi connectivity index (χ3v) is 2.88. The molecule has 1 aliphatic heterocycles. The maximum atomic E-state index is 5.71. The largest absolute Gasteiger partial charge is 0.374 e. The molecule has 2 heteroatoms. The van der Waals surface area contributed by atoms with Crippen LogP contribution in [-0.4, -0.2) is 25.3 Å². The molecule has 2 nitrogen and oxygen atoms in total. The molecule has 0 saturated carbocycles. The van der Waals surface area contributed by atoms with Gasteiger partial charge in [-0.1, -0.05) is 20.3 Å². The lowest BCUT2D eigenvalue weighted by molar-refractivity contribution is 0.0556. The first-order valence-corrected chi connectivity index (χ1v) is 5.58.